The molecule has 0 aliphatic carbocycles. The summed E-state index contributed by atoms with van der Waals surface area (Å²) in [4.78, 5) is 32.9. The van der Waals surface area contributed by atoms with Gasteiger partial charge in [-0.2, -0.15) is 13.2 Å². The van der Waals surface area contributed by atoms with Crippen molar-refractivity contribution in [1.82, 2.24) is 24.9 Å². The van der Waals surface area contributed by atoms with Gasteiger partial charge in [0.05, 0.1) is 6.04 Å². The molecule has 32 heavy (non-hydrogen) atoms. The van der Waals surface area contributed by atoms with Crippen molar-refractivity contribution in [3.8, 4) is 11.6 Å². The van der Waals surface area contributed by atoms with Gasteiger partial charge in [0, 0.05) is 54.8 Å². The molecule has 4 rings (SSSR count). The van der Waals surface area contributed by atoms with Gasteiger partial charge in [-0.3, -0.25) is 4.98 Å². The lowest BCUT2D eigenvalue weighted by Crippen LogP contribution is -2.55. The Morgan fingerprint density at radius 1 is 1.06 bits per heavy atom. The number of halogens is 3. The van der Waals surface area contributed by atoms with Gasteiger partial charge in [0.15, 0.2) is 11.6 Å². The Kier molecular flexibility index (Phi) is 6.81. The van der Waals surface area contributed by atoms with Crippen molar-refractivity contribution in [2.45, 2.75) is 26.1 Å². The number of nitrogens with one attached hydrogen (secondary N) is 1. The molecule has 1 fully saturated rings. The van der Waals surface area contributed by atoms with Crippen LogP contribution >= 0.6 is 0 Å². The number of carboxylic acid groups (broad SMARTS) is 1. The zero-order chi connectivity index (χ0) is 23.3. The smallest absolute Gasteiger partial charge is 0.475 e. The van der Waals surface area contributed by atoms with Crippen molar-refractivity contribution in [2.24, 2.45) is 0 Å². The molecule has 168 valence electrons. The van der Waals surface area contributed by atoms with Crippen LogP contribution < -0.4 is 10.2 Å². The van der Waals surface area contributed by atoms with Gasteiger partial charge in [-0.1, -0.05) is 0 Å². The Morgan fingerprint density at radius 3 is 2.22 bits per heavy atom. The lowest BCUT2D eigenvalue weighted by atomic mass is 10.1. The van der Waals surface area contributed by atoms with Gasteiger partial charge in [-0.05, 0) is 32.0 Å². The number of carboxylic acids is 1. The van der Waals surface area contributed by atoms with E-state index in [0.29, 0.717) is 17.7 Å². The summed E-state index contributed by atoms with van der Waals surface area (Å²) in [7, 11) is 0. The van der Waals surface area contributed by atoms with Crippen LogP contribution in [0.4, 0.5) is 24.7 Å². The van der Waals surface area contributed by atoms with E-state index in [9.17, 15) is 13.2 Å². The van der Waals surface area contributed by atoms with Crippen molar-refractivity contribution >= 4 is 17.5 Å². The molecule has 12 heteroatoms. The second-order valence-electron chi connectivity index (χ2n) is 6.93. The third-order valence-electron chi connectivity index (χ3n) is 4.65. The second kappa shape index (κ2) is 9.54. The predicted molar refractivity (Wildman–Crippen MR) is 110 cm³/mol. The quantitative estimate of drug-likeness (QED) is 0.623. The second-order valence-corrected chi connectivity index (χ2v) is 6.93. The third-order valence-corrected chi connectivity index (χ3v) is 4.65. The molecule has 0 amide bonds. The number of pyridine rings is 1. The summed E-state index contributed by atoms with van der Waals surface area (Å²) in [5, 5.41) is 10.7. The Bertz CT molecular complexity index is 1060. The van der Waals surface area contributed by atoms with Crippen LogP contribution in [0.1, 0.15) is 11.3 Å². The summed E-state index contributed by atoms with van der Waals surface area (Å²) >= 11 is 0. The maximum atomic E-state index is 10.6. The SMILES string of the molecule is Cc1nc(-c2ncccn2)nc(NC2CN(c3ccncc3)C2)c1C.O=C(O)C(F)(F)F. The molecule has 0 unspecified atom stereocenters. The monoisotopic (exact) mass is 447 g/mol. The molecule has 0 bridgehead atoms. The number of carbonyl (C=O) groups is 1. The van der Waals surface area contributed by atoms with Crippen LogP contribution in [0.15, 0.2) is 43.0 Å². The Balaban J connectivity index is 0.000000360. The summed E-state index contributed by atoms with van der Waals surface area (Å²) in [5.41, 5.74) is 3.19. The van der Waals surface area contributed by atoms with Crippen LogP contribution in [-0.4, -0.2) is 61.3 Å². The van der Waals surface area contributed by atoms with Crippen molar-refractivity contribution in [1.29, 1.82) is 0 Å². The molecule has 3 aromatic heterocycles. The first-order valence-electron chi connectivity index (χ1n) is 9.49. The topological polar surface area (TPSA) is 117 Å². The summed E-state index contributed by atoms with van der Waals surface area (Å²) in [6.45, 7) is 5.89. The molecule has 2 N–H and O–H groups in total. The summed E-state index contributed by atoms with van der Waals surface area (Å²) < 4.78 is 31.7. The number of alkyl halides is 3. The first kappa shape index (κ1) is 22.8. The molecule has 4 heterocycles. The van der Waals surface area contributed by atoms with Crippen molar-refractivity contribution in [2.75, 3.05) is 23.3 Å². The van der Waals surface area contributed by atoms with Gasteiger partial charge < -0.3 is 15.3 Å². The first-order chi connectivity index (χ1) is 15.1. The van der Waals surface area contributed by atoms with Gasteiger partial charge in [0.2, 0.25) is 0 Å². The van der Waals surface area contributed by atoms with Gasteiger partial charge in [0.25, 0.3) is 0 Å². The number of nitrogens with zero attached hydrogens (tertiary/aromatic N) is 6. The number of aromatic nitrogens is 5. The summed E-state index contributed by atoms with van der Waals surface area (Å²) in [6, 6.07) is 6.19. The van der Waals surface area contributed by atoms with Gasteiger partial charge in [-0.25, -0.2) is 24.7 Å². The van der Waals surface area contributed by atoms with Gasteiger partial charge in [-0.15, -0.1) is 0 Å². The largest absolute Gasteiger partial charge is 0.490 e. The van der Waals surface area contributed by atoms with E-state index in [-0.39, 0.29) is 0 Å². The lowest BCUT2D eigenvalue weighted by molar-refractivity contribution is -0.192. The average Bonchev–Trinajstić information content (AvgIpc) is 2.74. The average molecular weight is 447 g/mol. The molecule has 9 nitrogen and oxygen atoms in total. The number of hydrogen-bond acceptors (Lipinski definition) is 8. The highest BCUT2D eigenvalue weighted by Gasteiger charge is 2.38. The maximum absolute atomic E-state index is 10.6. The highest BCUT2D eigenvalue weighted by atomic mass is 19.4. The third kappa shape index (κ3) is 5.65. The van der Waals surface area contributed by atoms with Crippen LogP contribution in [0.3, 0.4) is 0 Å². The van der Waals surface area contributed by atoms with E-state index in [1.165, 1.54) is 5.69 Å². The number of aryl methyl sites for hydroxylation is 1. The highest BCUT2D eigenvalue weighted by molar-refractivity contribution is 5.73. The summed E-state index contributed by atoms with van der Waals surface area (Å²) in [6.07, 6.45) is 1.96. The first-order valence-corrected chi connectivity index (χ1v) is 9.49. The molecule has 0 radical (unpaired) electrons. The Labute approximate surface area is 181 Å². The van der Waals surface area contributed by atoms with E-state index < -0.39 is 12.1 Å². The van der Waals surface area contributed by atoms with E-state index in [4.69, 9.17) is 9.90 Å². The minimum atomic E-state index is -5.08. The number of rotatable bonds is 4. The maximum Gasteiger partial charge on any atom is 0.490 e. The fourth-order valence-corrected chi connectivity index (χ4v) is 2.81. The van der Waals surface area contributed by atoms with Crippen LogP contribution in [0.5, 0.6) is 0 Å². The van der Waals surface area contributed by atoms with E-state index in [0.717, 1.165) is 30.2 Å². The van der Waals surface area contributed by atoms with Crippen LogP contribution in [0.25, 0.3) is 11.6 Å². The van der Waals surface area contributed by atoms with E-state index in [1.54, 1.807) is 18.5 Å². The molecule has 0 aromatic carbocycles. The van der Waals surface area contributed by atoms with Crippen molar-refractivity contribution in [3.63, 3.8) is 0 Å². The van der Waals surface area contributed by atoms with E-state index in [1.807, 2.05) is 38.4 Å². The Hall–Kier alpha value is -3.83. The molecule has 1 saturated heterocycles. The number of anilines is 2. The lowest BCUT2D eigenvalue weighted by Gasteiger charge is -2.41. The fourth-order valence-electron chi connectivity index (χ4n) is 2.81. The van der Waals surface area contributed by atoms with Crippen LogP contribution in [0, 0.1) is 13.8 Å². The standard InChI is InChI=1S/C18H19N7.C2HF3O2/c1-12-13(2)22-18(17-20-6-3-7-21-17)24-16(12)23-14-10-25(11-14)15-4-8-19-9-5-15;3-2(4,5)1(6)7/h3-9,14H,10-11H2,1-2H3,(H,22,23,24);(H,6,7). The fraction of sp³-hybridized carbons (Fsp3) is 0.300. The molecule has 0 spiro atoms. The highest BCUT2D eigenvalue weighted by Crippen LogP contribution is 2.25. The van der Waals surface area contributed by atoms with Crippen molar-refractivity contribution < 1.29 is 23.1 Å². The minimum Gasteiger partial charge on any atom is -0.475 e. The molecule has 1 aliphatic rings. The zero-order valence-corrected chi connectivity index (χ0v) is 17.2. The molecular formula is C20H20F3N7O2. The van der Waals surface area contributed by atoms with Crippen molar-refractivity contribution in [3.05, 3.63) is 54.2 Å². The van der Waals surface area contributed by atoms with Gasteiger partial charge >= 0.3 is 12.1 Å². The minimum absolute atomic E-state index is 0.353. The van der Waals surface area contributed by atoms with Crippen LogP contribution in [-0.2, 0) is 4.79 Å². The molecule has 0 atom stereocenters. The zero-order valence-electron chi connectivity index (χ0n) is 17.2. The van der Waals surface area contributed by atoms with Gasteiger partial charge in [0.1, 0.15) is 5.82 Å². The van der Waals surface area contributed by atoms with Crippen LogP contribution in [0.2, 0.25) is 0 Å². The molecular weight excluding hydrogens is 427 g/mol. The number of hydrogen-bond donors (Lipinski definition) is 2. The predicted octanol–water partition coefficient (Wildman–Crippen LogP) is 2.88. The normalized spacial score (nSPS) is 13.6. The summed E-state index contributed by atoms with van der Waals surface area (Å²) in [5.74, 6) is -0.806. The Morgan fingerprint density at radius 2 is 1.66 bits per heavy atom. The van der Waals surface area contributed by atoms with E-state index >= 15 is 0 Å². The van der Waals surface area contributed by atoms with E-state index in [2.05, 4.69) is 35.1 Å². The molecule has 3 aromatic rings. The molecule has 0 saturated carbocycles. The number of aliphatic carboxylic acids is 1. The molecule has 1 aliphatic heterocycles.